The molecule has 0 radical (unpaired) electrons. The number of alkyl halides is 2. The van der Waals surface area contributed by atoms with Gasteiger partial charge in [0.25, 0.3) is 6.43 Å². The minimum absolute atomic E-state index is 0.0489. The molecule has 0 aliphatic rings. The average molecular weight is 242 g/mol. The first-order valence-electron chi connectivity index (χ1n) is 4.60. The van der Waals surface area contributed by atoms with E-state index in [1.165, 1.54) is 13.0 Å². The van der Waals surface area contributed by atoms with Crippen molar-refractivity contribution in [2.75, 3.05) is 6.61 Å². The number of aromatic nitrogens is 1. The molecule has 0 saturated heterocycles. The van der Waals surface area contributed by atoms with Crippen LogP contribution in [0.25, 0.3) is 0 Å². The number of nitrogens with zero attached hydrogens (tertiary/aromatic N) is 2. The number of esters is 1. The lowest BCUT2D eigenvalue weighted by Crippen LogP contribution is -2.09. The van der Waals surface area contributed by atoms with Crippen molar-refractivity contribution in [1.82, 2.24) is 4.98 Å². The molecule has 0 aliphatic carbocycles. The number of carbonyl (C=O) groups is 1. The van der Waals surface area contributed by atoms with E-state index in [0.29, 0.717) is 0 Å². The van der Waals surface area contributed by atoms with Crippen molar-refractivity contribution in [3.8, 4) is 11.8 Å². The average Bonchev–Trinajstić information content (AvgIpc) is 2.29. The second-order valence-corrected chi connectivity index (χ2v) is 2.92. The molecule has 0 fully saturated rings. The van der Waals surface area contributed by atoms with Gasteiger partial charge in [0, 0.05) is 0 Å². The lowest BCUT2D eigenvalue weighted by atomic mass is 10.2. The van der Waals surface area contributed by atoms with E-state index in [1.807, 2.05) is 0 Å². The molecular formula is C10H8F2N2O3. The van der Waals surface area contributed by atoms with Crippen LogP contribution in [-0.4, -0.2) is 22.7 Å². The first-order valence-corrected chi connectivity index (χ1v) is 4.60. The molecule has 0 spiro atoms. The van der Waals surface area contributed by atoms with Gasteiger partial charge in [0.05, 0.1) is 12.2 Å². The highest BCUT2D eigenvalue weighted by molar-refractivity contribution is 5.88. The predicted octanol–water partition coefficient (Wildman–Crippen LogP) is 1.77. The van der Waals surface area contributed by atoms with Crippen LogP contribution >= 0.6 is 0 Å². The van der Waals surface area contributed by atoms with E-state index in [9.17, 15) is 18.7 Å². The molecule has 0 atom stereocenters. The highest BCUT2D eigenvalue weighted by Gasteiger charge is 2.22. The van der Waals surface area contributed by atoms with Crippen LogP contribution in [0.4, 0.5) is 8.78 Å². The maximum absolute atomic E-state index is 12.5. The van der Waals surface area contributed by atoms with E-state index in [0.717, 1.165) is 6.07 Å². The molecule has 7 heteroatoms. The standard InChI is InChI=1S/C10H8F2N2O3/c1-2-17-10(16)6-3-5(4-13)8(15)7(14-6)9(11)12/h3,9,15H,2H2,1H3. The van der Waals surface area contributed by atoms with Crippen molar-refractivity contribution < 1.29 is 23.4 Å². The number of rotatable bonds is 3. The van der Waals surface area contributed by atoms with Gasteiger partial charge in [0.1, 0.15) is 6.07 Å². The Labute approximate surface area is 95.3 Å². The van der Waals surface area contributed by atoms with Crippen LogP contribution in [0.1, 0.15) is 35.1 Å². The summed E-state index contributed by atoms with van der Waals surface area (Å²) >= 11 is 0. The third kappa shape index (κ3) is 2.66. The predicted molar refractivity (Wildman–Crippen MR) is 51.5 cm³/mol. The molecular weight excluding hydrogens is 234 g/mol. The number of aromatic hydroxyl groups is 1. The monoisotopic (exact) mass is 242 g/mol. The van der Waals surface area contributed by atoms with Gasteiger partial charge >= 0.3 is 5.97 Å². The van der Waals surface area contributed by atoms with E-state index in [1.54, 1.807) is 0 Å². The zero-order valence-electron chi connectivity index (χ0n) is 8.78. The number of halogens is 2. The molecule has 1 rings (SSSR count). The van der Waals surface area contributed by atoms with E-state index in [2.05, 4.69) is 9.72 Å². The molecule has 0 saturated carbocycles. The van der Waals surface area contributed by atoms with E-state index in [-0.39, 0.29) is 6.61 Å². The number of pyridine rings is 1. The smallest absolute Gasteiger partial charge is 0.356 e. The third-order valence-electron chi connectivity index (χ3n) is 1.83. The zero-order valence-corrected chi connectivity index (χ0v) is 8.78. The summed E-state index contributed by atoms with van der Waals surface area (Å²) in [5.74, 6) is -1.85. The second kappa shape index (κ2) is 5.21. The summed E-state index contributed by atoms with van der Waals surface area (Å²) in [5.41, 5.74) is -1.89. The third-order valence-corrected chi connectivity index (χ3v) is 1.83. The summed E-state index contributed by atoms with van der Waals surface area (Å²) < 4.78 is 29.5. The molecule has 5 nitrogen and oxygen atoms in total. The maximum atomic E-state index is 12.5. The Balaban J connectivity index is 3.31. The Morgan fingerprint density at radius 3 is 2.82 bits per heavy atom. The normalized spacial score (nSPS) is 10.1. The summed E-state index contributed by atoms with van der Waals surface area (Å²) in [5, 5.41) is 17.9. The van der Waals surface area contributed by atoms with E-state index in [4.69, 9.17) is 5.26 Å². The Bertz CT molecular complexity index is 483. The maximum Gasteiger partial charge on any atom is 0.356 e. The van der Waals surface area contributed by atoms with Crippen LogP contribution in [0.3, 0.4) is 0 Å². The van der Waals surface area contributed by atoms with E-state index >= 15 is 0 Å². The van der Waals surface area contributed by atoms with Gasteiger partial charge in [-0.05, 0) is 13.0 Å². The summed E-state index contributed by atoms with van der Waals surface area (Å²) in [6, 6.07) is 2.40. The van der Waals surface area contributed by atoms with Crippen molar-refractivity contribution in [2.24, 2.45) is 0 Å². The van der Waals surface area contributed by atoms with Gasteiger partial charge in [-0.2, -0.15) is 5.26 Å². The Morgan fingerprint density at radius 2 is 2.35 bits per heavy atom. The van der Waals surface area contributed by atoms with Crippen molar-refractivity contribution in [3.63, 3.8) is 0 Å². The fraction of sp³-hybridized carbons (Fsp3) is 0.300. The van der Waals surface area contributed by atoms with Crippen LogP contribution in [0.2, 0.25) is 0 Å². The Kier molecular flexibility index (Phi) is 3.93. The molecule has 1 N–H and O–H groups in total. The number of hydrogen-bond donors (Lipinski definition) is 1. The van der Waals surface area contributed by atoms with Crippen molar-refractivity contribution in [3.05, 3.63) is 23.0 Å². The molecule has 17 heavy (non-hydrogen) atoms. The SMILES string of the molecule is CCOC(=O)c1cc(C#N)c(O)c(C(F)F)n1. The highest BCUT2D eigenvalue weighted by Crippen LogP contribution is 2.29. The zero-order chi connectivity index (χ0) is 13.0. The van der Waals surface area contributed by atoms with Gasteiger partial charge in [0.2, 0.25) is 0 Å². The summed E-state index contributed by atoms with van der Waals surface area (Å²) in [4.78, 5) is 14.6. The lowest BCUT2D eigenvalue weighted by Gasteiger charge is -2.07. The van der Waals surface area contributed by atoms with Gasteiger partial charge in [-0.15, -0.1) is 0 Å². The molecule has 0 aliphatic heterocycles. The van der Waals surface area contributed by atoms with Crippen molar-refractivity contribution in [1.29, 1.82) is 5.26 Å². The fourth-order valence-corrected chi connectivity index (χ4v) is 1.11. The molecule has 0 bridgehead atoms. The molecule has 1 aromatic heterocycles. The molecule has 90 valence electrons. The van der Waals surface area contributed by atoms with Gasteiger partial charge in [-0.1, -0.05) is 0 Å². The first kappa shape index (κ1) is 12.8. The minimum Gasteiger partial charge on any atom is -0.505 e. The van der Waals surface area contributed by atoms with Crippen LogP contribution < -0.4 is 0 Å². The van der Waals surface area contributed by atoms with Crippen molar-refractivity contribution in [2.45, 2.75) is 13.3 Å². The number of nitriles is 1. The van der Waals surface area contributed by atoms with Crippen molar-refractivity contribution >= 4 is 5.97 Å². The highest BCUT2D eigenvalue weighted by atomic mass is 19.3. The molecule has 0 unspecified atom stereocenters. The topological polar surface area (TPSA) is 83.2 Å². The number of carbonyl (C=O) groups excluding carboxylic acids is 1. The van der Waals surface area contributed by atoms with Gasteiger partial charge in [-0.25, -0.2) is 18.6 Å². The molecule has 1 heterocycles. The number of ether oxygens (including phenoxy) is 1. The Morgan fingerprint density at radius 1 is 1.71 bits per heavy atom. The van der Waals surface area contributed by atoms with Crippen LogP contribution in [0.15, 0.2) is 6.07 Å². The first-order chi connectivity index (χ1) is 8.01. The van der Waals surface area contributed by atoms with Gasteiger partial charge in [-0.3, -0.25) is 0 Å². The quantitative estimate of drug-likeness (QED) is 0.816. The number of hydrogen-bond acceptors (Lipinski definition) is 5. The second-order valence-electron chi connectivity index (χ2n) is 2.92. The summed E-state index contributed by atoms with van der Waals surface area (Å²) in [6.45, 7) is 1.59. The summed E-state index contributed by atoms with van der Waals surface area (Å²) in [7, 11) is 0. The van der Waals surface area contributed by atoms with Crippen LogP contribution in [-0.2, 0) is 4.74 Å². The molecule has 0 amide bonds. The largest absolute Gasteiger partial charge is 0.505 e. The molecule has 1 aromatic rings. The lowest BCUT2D eigenvalue weighted by molar-refractivity contribution is 0.0517. The van der Waals surface area contributed by atoms with Crippen LogP contribution in [0, 0.1) is 11.3 Å². The minimum atomic E-state index is -3.09. The van der Waals surface area contributed by atoms with Gasteiger partial charge < -0.3 is 9.84 Å². The van der Waals surface area contributed by atoms with Crippen LogP contribution in [0.5, 0.6) is 5.75 Å². The fourth-order valence-electron chi connectivity index (χ4n) is 1.11. The summed E-state index contributed by atoms with van der Waals surface area (Å²) in [6.07, 6.45) is -3.09. The van der Waals surface area contributed by atoms with Gasteiger partial charge in [0.15, 0.2) is 17.1 Å². The molecule has 0 aromatic carbocycles. The Hall–Kier alpha value is -2.23. The van der Waals surface area contributed by atoms with E-state index < -0.39 is 35.1 Å².